The Morgan fingerprint density at radius 3 is 2.69 bits per heavy atom. The summed E-state index contributed by atoms with van der Waals surface area (Å²) < 4.78 is 7.56. The number of nitrogens with one attached hydrogen (secondary N) is 1. The van der Waals surface area contributed by atoms with Crippen molar-refractivity contribution in [1.29, 1.82) is 0 Å². The smallest absolute Gasteiger partial charge is 0.248 e. The lowest BCUT2D eigenvalue weighted by Gasteiger charge is -2.34. The van der Waals surface area contributed by atoms with E-state index in [4.69, 9.17) is 4.74 Å². The van der Waals surface area contributed by atoms with Crippen LogP contribution >= 0.6 is 0 Å². The lowest BCUT2D eigenvalue weighted by Crippen LogP contribution is -2.51. The molecule has 1 aliphatic carbocycles. The van der Waals surface area contributed by atoms with Gasteiger partial charge in [-0.1, -0.05) is 50.3 Å². The summed E-state index contributed by atoms with van der Waals surface area (Å²) in [4.78, 5) is 28.5. The van der Waals surface area contributed by atoms with E-state index >= 15 is 0 Å². The van der Waals surface area contributed by atoms with Crippen LogP contribution in [0.5, 0.6) is 0 Å². The molecule has 0 unspecified atom stereocenters. The summed E-state index contributed by atoms with van der Waals surface area (Å²) in [6.07, 6.45) is 4.15. The van der Waals surface area contributed by atoms with Gasteiger partial charge in [-0.15, -0.1) is 5.10 Å². The highest BCUT2D eigenvalue weighted by Crippen LogP contribution is 2.40. The van der Waals surface area contributed by atoms with Crippen molar-refractivity contribution in [2.75, 3.05) is 13.1 Å². The topological polar surface area (TPSA) is 110 Å². The molecule has 0 radical (unpaired) electrons. The maximum atomic E-state index is 13.8. The van der Waals surface area contributed by atoms with E-state index in [1.807, 2.05) is 39.1 Å². The second-order valence-electron chi connectivity index (χ2n) is 11.2. The molecule has 0 spiro atoms. The molecular weight excluding hydrogens is 446 g/mol. The lowest BCUT2D eigenvalue weighted by molar-refractivity contribution is -0.144. The van der Waals surface area contributed by atoms with Gasteiger partial charge in [0, 0.05) is 38.0 Å². The number of hydrogen-bond acceptors (Lipinski definition) is 6. The zero-order valence-corrected chi connectivity index (χ0v) is 20.7. The first-order valence-corrected chi connectivity index (χ1v) is 12.6. The van der Waals surface area contributed by atoms with Gasteiger partial charge in [-0.25, -0.2) is 4.68 Å². The monoisotopic (exact) mass is 481 g/mol. The van der Waals surface area contributed by atoms with E-state index in [2.05, 4.69) is 27.8 Å². The van der Waals surface area contributed by atoms with E-state index in [1.54, 1.807) is 4.68 Å². The molecule has 0 bridgehead atoms. The van der Waals surface area contributed by atoms with Gasteiger partial charge < -0.3 is 20.1 Å². The van der Waals surface area contributed by atoms with Crippen molar-refractivity contribution < 1.29 is 19.4 Å². The number of aromatic nitrogens is 3. The molecule has 3 heterocycles. The molecule has 2 aromatic rings. The van der Waals surface area contributed by atoms with Crippen molar-refractivity contribution in [3.05, 3.63) is 47.3 Å². The number of aliphatic hydroxyl groups is 1. The Hall–Kier alpha value is -2.78. The zero-order chi connectivity index (χ0) is 24.7. The van der Waals surface area contributed by atoms with Gasteiger partial charge in [0.1, 0.15) is 12.1 Å². The molecule has 3 aliphatic rings. The third-order valence-electron chi connectivity index (χ3n) is 7.25. The molecule has 35 heavy (non-hydrogen) atoms. The number of ether oxygens (including phenoxy) is 1. The summed E-state index contributed by atoms with van der Waals surface area (Å²) in [7, 11) is 0. The number of rotatable bonds is 6. The molecular formula is C26H35N5O4. The van der Waals surface area contributed by atoms with Crippen molar-refractivity contribution in [2.24, 2.45) is 5.41 Å². The standard InChI is InChI=1S/C26H35N5O4/c1-26(2,3)23(31-14-21(28-29-31)16-8-9-16)25(34)30-13-19(32)11-22(30)24(33)27-12-20-10-17-6-4-5-7-18(17)15-35-20/h4-7,14,16,19-20,22-23,32H,8-13,15H2,1-3H3,(H,27,33)/t19-,20+,22+,23-/m1/s1. The molecule has 9 heteroatoms. The third-order valence-corrected chi connectivity index (χ3v) is 7.25. The highest BCUT2D eigenvalue weighted by atomic mass is 16.5. The first-order valence-electron chi connectivity index (χ1n) is 12.6. The lowest BCUT2D eigenvalue weighted by atomic mass is 9.85. The van der Waals surface area contributed by atoms with Gasteiger partial charge in [-0.3, -0.25) is 9.59 Å². The van der Waals surface area contributed by atoms with Crippen LogP contribution in [-0.4, -0.2) is 68.2 Å². The molecule has 2 fully saturated rings. The van der Waals surface area contributed by atoms with Gasteiger partial charge in [0.25, 0.3) is 0 Å². The fourth-order valence-electron chi connectivity index (χ4n) is 5.20. The number of amides is 2. The van der Waals surface area contributed by atoms with Gasteiger partial charge >= 0.3 is 0 Å². The van der Waals surface area contributed by atoms with Gasteiger partial charge in [0.2, 0.25) is 11.8 Å². The van der Waals surface area contributed by atoms with Crippen LogP contribution in [0.1, 0.15) is 68.8 Å². The number of carbonyl (C=O) groups is 2. The Balaban J connectivity index is 1.27. The predicted molar refractivity (Wildman–Crippen MR) is 128 cm³/mol. The minimum absolute atomic E-state index is 0.123. The number of carbonyl (C=O) groups excluding carboxylic acids is 2. The molecule has 4 atom stereocenters. The van der Waals surface area contributed by atoms with Gasteiger partial charge in [-0.2, -0.15) is 0 Å². The molecule has 1 aromatic carbocycles. The number of nitrogens with zero attached hydrogens (tertiary/aromatic N) is 4. The molecule has 1 aromatic heterocycles. The van der Waals surface area contributed by atoms with E-state index in [0.29, 0.717) is 19.1 Å². The van der Waals surface area contributed by atoms with Crippen LogP contribution < -0.4 is 5.32 Å². The number of hydrogen-bond donors (Lipinski definition) is 2. The Bertz CT molecular complexity index is 1090. The highest BCUT2D eigenvalue weighted by molar-refractivity contribution is 5.90. The first-order chi connectivity index (χ1) is 16.7. The Kier molecular flexibility index (Phi) is 6.40. The minimum atomic E-state index is -0.745. The summed E-state index contributed by atoms with van der Waals surface area (Å²) in [6.45, 7) is 6.95. The highest BCUT2D eigenvalue weighted by Gasteiger charge is 2.45. The minimum Gasteiger partial charge on any atom is -0.391 e. The summed E-state index contributed by atoms with van der Waals surface area (Å²) in [5.41, 5.74) is 2.87. The zero-order valence-electron chi connectivity index (χ0n) is 20.7. The maximum absolute atomic E-state index is 13.8. The molecule has 1 saturated heterocycles. The van der Waals surface area contributed by atoms with E-state index < -0.39 is 23.6 Å². The number of aliphatic hydroxyl groups excluding tert-OH is 1. The van der Waals surface area contributed by atoms with E-state index in [-0.39, 0.29) is 30.9 Å². The Morgan fingerprint density at radius 1 is 1.23 bits per heavy atom. The van der Waals surface area contributed by atoms with Crippen molar-refractivity contribution in [3.8, 4) is 0 Å². The SMILES string of the molecule is CC(C)(C)[C@@H](C(=O)N1C[C@H](O)C[C@H]1C(=O)NC[C@@H]1Cc2ccccc2CO1)n1cc(C2CC2)nn1. The fraction of sp³-hybridized carbons (Fsp3) is 0.615. The van der Waals surface area contributed by atoms with Crippen LogP contribution in [0.3, 0.4) is 0 Å². The van der Waals surface area contributed by atoms with Crippen molar-refractivity contribution in [1.82, 2.24) is 25.2 Å². The quantitative estimate of drug-likeness (QED) is 0.653. The average Bonchev–Trinajstić information content (AvgIpc) is 3.43. The second-order valence-corrected chi connectivity index (χ2v) is 11.2. The van der Waals surface area contributed by atoms with Crippen molar-refractivity contribution >= 4 is 11.8 Å². The summed E-state index contributed by atoms with van der Waals surface area (Å²) >= 11 is 0. The number of β-amino-alcohol motifs (C(OH)–C–C–N with tert-alkyl or cyclic N) is 1. The van der Waals surface area contributed by atoms with Crippen molar-refractivity contribution in [3.63, 3.8) is 0 Å². The molecule has 2 amide bonds. The molecule has 188 valence electrons. The van der Waals surface area contributed by atoms with E-state index in [0.717, 1.165) is 25.0 Å². The number of benzene rings is 1. The second kappa shape index (κ2) is 9.35. The fourth-order valence-corrected chi connectivity index (χ4v) is 5.20. The molecule has 1 saturated carbocycles. The van der Waals surface area contributed by atoms with Crippen molar-refractivity contribution in [2.45, 2.75) is 83.3 Å². The van der Waals surface area contributed by atoms with Crippen LogP contribution in [0, 0.1) is 5.41 Å². The first kappa shape index (κ1) is 23.9. The number of fused-ring (bicyclic) bond motifs is 1. The van der Waals surface area contributed by atoms with Crippen LogP contribution in [0.4, 0.5) is 0 Å². The summed E-state index contributed by atoms with van der Waals surface area (Å²) in [6, 6.07) is 6.80. The van der Waals surface area contributed by atoms with Crippen LogP contribution in [-0.2, 0) is 27.4 Å². The van der Waals surface area contributed by atoms with Crippen LogP contribution in [0.2, 0.25) is 0 Å². The maximum Gasteiger partial charge on any atom is 0.248 e. The summed E-state index contributed by atoms with van der Waals surface area (Å²) in [5, 5.41) is 21.9. The molecule has 9 nitrogen and oxygen atoms in total. The van der Waals surface area contributed by atoms with Crippen LogP contribution in [0.25, 0.3) is 0 Å². The Morgan fingerprint density at radius 2 is 1.97 bits per heavy atom. The molecule has 5 rings (SSSR count). The Labute approximate surface area is 205 Å². The van der Waals surface area contributed by atoms with E-state index in [1.165, 1.54) is 16.0 Å². The third kappa shape index (κ3) is 5.11. The summed E-state index contributed by atoms with van der Waals surface area (Å²) in [5.74, 6) is -0.0489. The molecule has 2 N–H and O–H groups in total. The predicted octanol–water partition coefficient (Wildman–Crippen LogP) is 1.96. The van der Waals surface area contributed by atoms with E-state index in [9.17, 15) is 14.7 Å². The van der Waals surface area contributed by atoms with Gasteiger partial charge in [0.05, 0.1) is 24.5 Å². The van der Waals surface area contributed by atoms with Gasteiger partial charge in [-0.05, 0) is 29.4 Å². The largest absolute Gasteiger partial charge is 0.391 e. The normalized spacial score (nSPS) is 25.3. The van der Waals surface area contributed by atoms with Gasteiger partial charge in [0.15, 0.2) is 0 Å². The average molecular weight is 482 g/mol. The molecule has 2 aliphatic heterocycles. The number of likely N-dealkylation sites (tertiary alicyclic amines) is 1. The van der Waals surface area contributed by atoms with Crippen LogP contribution in [0.15, 0.2) is 30.5 Å².